The molecule has 1 atom stereocenters. The molecule has 1 saturated heterocycles. The van der Waals surface area contributed by atoms with Gasteiger partial charge in [0.25, 0.3) is 0 Å². The van der Waals surface area contributed by atoms with Crippen LogP contribution in [0.15, 0.2) is 34.7 Å². The minimum atomic E-state index is -0.366. The van der Waals surface area contributed by atoms with Crippen LogP contribution in [0.4, 0.5) is 0 Å². The predicted octanol–water partition coefficient (Wildman–Crippen LogP) is 1.06. The lowest BCUT2D eigenvalue weighted by Gasteiger charge is -2.21. The molecule has 1 aromatic carbocycles. The zero-order valence-corrected chi connectivity index (χ0v) is 12.9. The van der Waals surface area contributed by atoms with E-state index in [2.05, 4.69) is 32.1 Å². The summed E-state index contributed by atoms with van der Waals surface area (Å²) in [5, 5.41) is 18.1. The van der Waals surface area contributed by atoms with Crippen LogP contribution in [0.3, 0.4) is 0 Å². The number of aliphatic hydroxyl groups is 1. The zero-order valence-electron chi connectivity index (χ0n) is 12.9. The van der Waals surface area contributed by atoms with Crippen molar-refractivity contribution in [3.63, 3.8) is 0 Å². The Hall–Kier alpha value is -1.76. The summed E-state index contributed by atoms with van der Waals surface area (Å²) in [6.07, 6.45) is -0.366. The smallest absolute Gasteiger partial charge is 0.230 e. The summed E-state index contributed by atoms with van der Waals surface area (Å²) in [4.78, 5) is 4.46. The minimum absolute atomic E-state index is 0.366. The van der Waals surface area contributed by atoms with Crippen LogP contribution in [-0.4, -0.2) is 57.4 Å². The lowest BCUT2D eigenvalue weighted by molar-refractivity contribution is 0.103. The molecule has 0 saturated carbocycles. The number of aliphatic hydroxyl groups excluding tert-OH is 1. The van der Waals surface area contributed by atoms with Crippen molar-refractivity contribution in [2.24, 2.45) is 0 Å². The molecule has 6 heteroatoms. The van der Waals surface area contributed by atoms with Gasteiger partial charge in [-0.3, -0.25) is 9.80 Å². The fraction of sp³-hybridized carbons (Fsp3) is 0.500. The van der Waals surface area contributed by atoms with E-state index in [0.29, 0.717) is 31.4 Å². The van der Waals surface area contributed by atoms with E-state index in [4.69, 9.17) is 4.42 Å². The molecule has 0 amide bonds. The predicted molar refractivity (Wildman–Crippen MR) is 82.0 cm³/mol. The van der Waals surface area contributed by atoms with Gasteiger partial charge in [-0.05, 0) is 5.56 Å². The van der Waals surface area contributed by atoms with E-state index in [-0.39, 0.29) is 6.10 Å². The van der Waals surface area contributed by atoms with Gasteiger partial charge < -0.3 is 9.52 Å². The van der Waals surface area contributed by atoms with Gasteiger partial charge in [0.1, 0.15) is 0 Å². The van der Waals surface area contributed by atoms with E-state index in [9.17, 15) is 5.11 Å². The van der Waals surface area contributed by atoms with Crippen molar-refractivity contribution in [2.45, 2.75) is 26.1 Å². The second-order valence-electron chi connectivity index (χ2n) is 5.82. The Morgan fingerprint density at radius 3 is 2.41 bits per heavy atom. The highest BCUT2D eigenvalue weighted by Gasteiger charge is 2.22. The highest BCUT2D eigenvalue weighted by atomic mass is 16.4. The first-order chi connectivity index (χ1) is 10.7. The van der Waals surface area contributed by atoms with Crippen molar-refractivity contribution in [3.8, 4) is 0 Å². The molecule has 1 aliphatic heterocycles. The zero-order chi connectivity index (χ0) is 15.4. The van der Waals surface area contributed by atoms with E-state index in [0.717, 1.165) is 19.6 Å². The highest BCUT2D eigenvalue weighted by Crippen LogP contribution is 2.11. The number of aryl methyl sites for hydroxylation is 1. The van der Waals surface area contributed by atoms with E-state index in [1.54, 1.807) is 6.92 Å². The summed E-state index contributed by atoms with van der Waals surface area (Å²) in [7, 11) is 0. The van der Waals surface area contributed by atoms with E-state index in [1.165, 1.54) is 5.56 Å². The molecule has 3 rings (SSSR count). The summed E-state index contributed by atoms with van der Waals surface area (Å²) in [5.74, 6) is 1.19. The number of nitrogens with zero attached hydrogens (tertiary/aromatic N) is 4. The molecule has 1 aromatic heterocycles. The molecule has 118 valence electrons. The standard InChI is InChI=1S/C16H22N4O2/c1-13-17-18-16(22-13)12-20-8-7-19(10-15(21)11-20)9-14-5-3-2-4-6-14/h2-6,15,21H,7-12H2,1H3/t15-/m0/s1. The van der Waals surface area contributed by atoms with Crippen LogP contribution in [0.2, 0.25) is 0 Å². The van der Waals surface area contributed by atoms with Gasteiger partial charge in [0, 0.05) is 39.6 Å². The van der Waals surface area contributed by atoms with Crippen LogP contribution in [0.25, 0.3) is 0 Å². The molecule has 0 unspecified atom stereocenters. The summed E-state index contributed by atoms with van der Waals surface area (Å²) in [5.41, 5.74) is 1.27. The first-order valence-electron chi connectivity index (χ1n) is 7.65. The molecule has 1 fully saturated rings. The molecule has 22 heavy (non-hydrogen) atoms. The van der Waals surface area contributed by atoms with E-state index < -0.39 is 0 Å². The Bertz CT molecular complexity index is 587. The van der Waals surface area contributed by atoms with Crippen LogP contribution in [0, 0.1) is 6.92 Å². The number of benzene rings is 1. The topological polar surface area (TPSA) is 65.6 Å². The minimum Gasteiger partial charge on any atom is -0.424 e. The highest BCUT2D eigenvalue weighted by molar-refractivity contribution is 5.14. The molecule has 0 aliphatic carbocycles. The molecular weight excluding hydrogens is 280 g/mol. The van der Waals surface area contributed by atoms with Gasteiger partial charge in [0.2, 0.25) is 11.8 Å². The Morgan fingerprint density at radius 1 is 1.09 bits per heavy atom. The number of aromatic nitrogens is 2. The van der Waals surface area contributed by atoms with Crippen molar-refractivity contribution in [1.82, 2.24) is 20.0 Å². The van der Waals surface area contributed by atoms with Crippen LogP contribution in [0.1, 0.15) is 17.3 Å². The maximum atomic E-state index is 10.2. The Balaban J connectivity index is 1.58. The number of hydrogen-bond acceptors (Lipinski definition) is 6. The van der Waals surface area contributed by atoms with Crippen molar-refractivity contribution >= 4 is 0 Å². The third kappa shape index (κ3) is 4.13. The SMILES string of the molecule is Cc1nnc(CN2CCN(Cc3ccccc3)C[C@H](O)C2)o1. The third-order valence-electron chi connectivity index (χ3n) is 3.85. The van der Waals surface area contributed by atoms with E-state index in [1.807, 2.05) is 18.2 Å². The van der Waals surface area contributed by atoms with Crippen LogP contribution < -0.4 is 0 Å². The molecule has 1 aliphatic rings. The van der Waals surface area contributed by atoms with Crippen molar-refractivity contribution < 1.29 is 9.52 Å². The lowest BCUT2D eigenvalue weighted by atomic mass is 10.2. The molecule has 6 nitrogen and oxygen atoms in total. The molecule has 0 bridgehead atoms. The van der Waals surface area contributed by atoms with Crippen molar-refractivity contribution in [2.75, 3.05) is 26.2 Å². The second-order valence-corrected chi connectivity index (χ2v) is 5.82. The summed E-state index contributed by atoms with van der Waals surface area (Å²) >= 11 is 0. The van der Waals surface area contributed by atoms with Crippen LogP contribution in [-0.2, 0) is 13.1 Å². The second kappa shape index (κ2) is 7.00. The number of rotatable bonds is 4. The average Bonchev–Trinajstić information content (AvgIpc) is 2.82. The van der Waals surface area contributed by atoms with Gasteiger partial charge in [-0.2, -0.15) is 0 Å². The van der Waals surface area contributed by atoms with Gasteiger partial charge >= 0.3 is 0 Å². The monoisotopic (exact) mass is 302 g/mol. The molecule has 2 heterocycles. The molecule has 0 spiro atoms. The number of hydrogen-bond donors (Lipinski definition) is 1. The first kappa shape index (κ1) is 15.1. The first-order valence-corrected chi connectivity index (χ1v) is 7.65. The Morgan fingerprint density at radius 2 is 1.77 bits per heavy atom. The van der Waals surface area contributed by atoms with E-state index >= 15 is 0 Å². The molecule has 2 aromatic rings. The summed E-state index contributed by atoms with van der Waals surface area (Å²) < 4.78 is 5.43. The fourth-order valence-electron chi connectivity index (χ4n) is 2.84. The van der Waals surface area contributed by atoms with Crippen LogP contribution >= 0.6 is 0 Å². The quantitative estimate of drug-likeness (QED) is 0.911. The lowest BCUT2D eigenvalue weighted by Crippen LogP contribution is -2.33. The molecule has 0 radical (unpaired) electrons. The Kier molecular flexibility index (Phi) is 4.82. The van der Waals surface area contributed by atoms with Crippen molar-refractivity contribution in [1.29, 1.82) is 0 Å². The van der Waals surface area contributed by atoms with Crippen LogP contribution in [0.5, 0.6) is 0 Å². The average molecular weight is 302 g/mol. The normalized spacial score (nSPS) is 20.9. The van der Waals surface area contributed by atoms with Gasteiger partial charge in [-0.25, -0.2) is 0 Å². The van der Waals surface area contributed by atoms with Crippen molar-refractivity contribution in [3.05, 3.63) is 47.7 Å². The third-order valence-corrected chi connectivity index (χ3v) is 3.85. The molecule has 1 N–H and O–H groups in total. The fourth-order valence-corrected chi connectivity index (χ4v) is 2.84. The summed E-state index contributed by atoms with van der Waals surface area (Å²) in [6, 6.07) is 10.4. The summed E-state index contributed by atoms with van der Waals surface area (Å²) in [6.45, 7) is 6.36. The van der Waals surface area contributed by atoms with Gasteiger partial charge in [-0.1, -0.05) is 30.3 Å². The largest absolute Gasteiger partial charge is 0.424 e. The van der Waals surface area contributed by atoms with Gasteiger partial charge in [0.05, 0.1) is 12.6 Å². The van der Waals surface area contributed by atoms with Gasteiger partial charge in [-0.15, -0.1) is 10.2 Å². The molecular formula is C16H22N4O2. The maximum Gasteiger partial charge on any atom is 0.230 e. The van der Waals surface area contributed by atoms with Gasteiger partial charge in [0.15, 0.2) is 0 Å². The Labute approximate surface area is 130 Å². The number of β-amino-alcohol motifs (C(OH)–C–C–N with tert-alkyl or cyclic N) is 1. The maximum absolute atomic E-state index is 10.2.